The first kappa shape index (κ1) is 27.6. The minimum absolute atomic E-state index is 0.0171. The van der Waals surface area contributed by atoms with Gasteiger partial charge in [-0.2, -0.15) is 5.26 Å². The molecular formula is C27H31F2N7O4. The highest BCUT2D eigenvalue weighted by Crippen LogP contribution is 2.34. The van der Waals surface area contributed by atoms with Crippen LogP contribution in [-0.4, -0.2) is 73.2 Å². The summed E-state index contributed by atoms with van der Waals surface area (Å²) >= 11 is 0. The van der Waals surface area contributed by atoms with Crippen molar-refractivity contribution in [3.05, 3.63) is 46.8 Å². The number of aromatic nitrogens is 3. The highest BCUT2D eigenvalue weighted by Gasteiger charge is 2.50. The first-order valence-electron chi connectivity index (χ1n) is 13.3. The molecule has 1 aromatic carbocycles. The van der Waals surface area contributed by atoms with Gasteiger partial charge in [-0.15, -0.1) is 5.10 Å². The number of nitrogens with zero attached hydrogens (tertiary/aromatic N) is 6. The Kier molecular flexibility index (Phi) is 7.55. The van der Waals surface area contributed by atoms with Gasteiger partial charge in [-0.05, 0) is 37.0 Å². The maximum Gasteiger partial charge on any atom is 0.268 e. The number of rotatable bonds is 8. The minimum Gasteiger partial charge on any atom is -0.372 e. The Labute approximate surface area is 230 Å². The quantitative estimate of drug-likeness (QED) is 0.525. The zero-order valence-corrected chi connectivity index (χ0v) is 22.3. The summed E-state index contributed by atoms with van der Waals surface area (Å²) in [7, 11) is 0. The fraction of sp³-hybridized carbons (Fsp3) is 0.556. The topological polar surface area (TPSA) is 133 Å². The molecule has 3 aliphatic rings. The van der Waals surface area contributed by atoms with E-state index < -0.39 is 48.7 Å². The maximum atomic E-state index is 13.8. The van der Waals surface area contributed by atoms with E-state index in [1.807, 2.05) is 32.0 Å². The van der Waals surface area contributed by atoms with Crippen LogP contribution in [0.5, 0.6) is 0 Å². The zero-order valence-electron chi connectivity index (χ0n) is 22.3. The standard InChI is InChI=1S/C27H31F2N7O4/c1-16(2)40-14-21-10-31-33-36(21)12-18-5-3-4-17-11-34(13-22(17)18)24(37)7-19-6-23(32-25(19)38)26(39)35-15-27(28,29)8-20(35)9-30/h3-5,10,16,19-20,23H,6-8,11-15H2,1-2H3,(H,32,38)/t19-,20-,23-/m0/s1. The normalized spacial score (nSPS) is 23.4. The number of nitrogens with one attached hydrogen (secondary N) is 1. The smallest absolute Gasteiger partial charge is 0.268 e. The third-order valence-corrected chi connectivity index (χ3v) is 7.64. The number of hydrogen-bond donors (Lipinski definition) is 1. The Morgan fingerprint density at radius 2 is 2.10 bits per heavy atom. The third-order valence-electron chi connectivity index (χ3n) is 7.64. The lowest BCUT2D eigenvalue weighted by molar-refractivity contribution is -0.135. The van der Waals surface area contributed by atoms with Crippen molar-refractivity contribution in [3.63, 3.8) is 0 Å². The van der Waals surface area contributed by atoms with Gasteiger partial charge in [0.2, 0.25) is 17.7 Å². The van der Waals surface area contributed by atoms with E-state index in [9.17, 15) is 28.4 Å². The summed E-state index contributed by atoms with van der Waals surface area (Å²) in [5, 5.41) is 19.9. The maximum absolute atomic E-state index is 13.8. The molecule has 2 aromatic rings. The number of halogens is 2. The molecule has 1 N–H and O–H groups in total. The number of benzene rings is 1. The molecule has 4 heterocycles. The van der Waals surface area contributed by atoms with E-state index in [2.05, 4.69) is 15.6 Å². The number of carbonyl (C=O) groups excluding carboxylic acids is 3. The second-order valence-corrected chi connectivity index (χ2v) is 10.9. The van der Waals surface area contributed by atoms with Crippen LogP contribution in [0.4, 0.5) is 8.78 Å². The number of carbonyl (C=O) groups is 3. The van der Waals surface area contributed by atoms with Crippen molar-refractivity contribution in [2.45, 2.75) is 83.5 Å². The Hall–Kier alpha value is -3.92. The Balaban J connectivity index is 1.20. The summed E-state index contributed by atoms with van der Waals surface area (Å²) in [5.74, 6) is -5.31. The number of likely N-dealkylation sites (tertiary alicyclic amines) is 1. The molecule has 0 radical (unpaired) electrons. The van der Waals surface area contributed by atoms with Crippen LogP contribution in [0.25, 0.3) is 0 Å². The van der Waals surface area contributed by atoms with Crippen molar-refractivity contribution < 1.29 is 27.9 Å². The van der Waals surface area contributed by atoms with Crippen molar-refractivity contribution in [1.29, 1.82) is 5.26 Å². The average molecular weight is 556 g/mol. The largest absolute Gasteiger partial charge is 0.372 e. The predicted molar refractivity (Wildman–Crippen MR) is 135 cm³/mol. The summed E-state index contributed by atoms with van der Waals surface area (Å²) in [6.45, 7) is 4.68. The molecule has 1 aromatic heterocycles. The van der Waals surface area contributed by atoms with Crippen LogP contribution in [-0.2, 0) is 45.4 Å². The van der Waals surface area contributed by atoms with Crippen molar-refractivity contribution >= 4 is 17.7 Å². The lowest BCUT2D eigenvalue weighted by atomic mass is 9.99. The SMILES string of the molecule is CC(C)OCc1cnnn1Cc1cccc2c1CN(C(=O)C[C@@H]1C[C@@H](C(=O)N3CC(F)(F)C[C@H]3C#N)NC1=O)C2. The molecule has 13 heteroatoms. The lowest BCUT2D eigenvalue weighted by Gasteiger charge is -2.22. The van der Waals surface area contributed by atoms with Gasteiger partial charge >= 0.3 is 0 Å². The Bertz CT molecular complexity index is 1350. The Morgan fingerprint density at radius 1 is 1.30 bits per heavy atom. The number of ether oxygens (including phenoxy) is 1. The number of nitriles is 1. The summed E-state index contributed by atoms with van der Waals surface area (Å²) in [6, 6.07) is 5.35. The lowest BCUT2D eigenvalue weighted by Crippen LogP contribution is -2.46. The van der Waals surface area contributed by atoms with Crippen LogP contribution in [0.3, 0.4) is 0 Å². The molecule has 2 fully saturated rings. The van der Waals surface area contributed by atoms with Gasteiger partial charge in [-0.3, -0.25) is 14.4 Å². The minimum atomic E-state index is -3.14. The second kappa shape index (κ2) is 10.9. The van der Waals surface area contributed by atoms with E-state index in [4.69, 9.17) is 4.74 Å². The monoisotopic (exact) mass is 555 g/mol. The van der Waals surface area contributed by atoms with Gasteiger partial charge in [0.25, 0.3) is 5.92 Å². The van der Waals surface area contributed by atoms with Gasteiger partial charge in [0.15, 0.2) is 0 Å². The zero-order chi connectivity index (χ0) is 28.6. The van der Waals surface area contributed by atoms with Crippen LogP contribution in [0, 0.1) is 17.2 Å². The van der Waals surface area contributed by atoms with E-state index in [1.165, 1.54) is 0 Å². The summed E-state index contributed by atoms with van der Waals surface area (Å²) in [4.78, 5) is 41.2. The second-order valence-electron chi connectivity index (χ2n) is 10.9. The molecule has 0 unspecified atom stereocenters. The number of fused-ring (bicyclic) bond motifs is 1. The molecule has 11 nitrogen and oxygen atoms in total. The van der Waals surface area contributed by atoms with Crippen molar-refractivity contribution in [3.8, 4) is 6.07 Å². The molecule has 3 amide bonds. The van der Waals surface area contributed by atoms with Crippen LogP contribution < -0.4 is 5.32 Å². The first-order chi connectivity index (χ1) is 19.0. The number of hydrogen-bond acceptors (Lipinski definition) is 7. The molecule has 2 saturated heterocycles. The van der Waals surface area contributed by atoms with E-state index in [0.29, 0.717) is 26.2 Å². The molecule has 0 saturated carbocycles. The first-order valence-corrected chi connectivity index (χ1v) is 13.3. The van der Waals surface area contributed by atoms with E-state index in [1.54, 1.807) is 21.8 Å². The fourth-order valence-electron chi connectivity index (χ4n) is 5.54. The molecular weight excluding hydrogens is 524 g/mol. The molecule has 3 aliphatic heterocycles. The van der Waals surface area contributed by atoms with Gasteiger partial charge < -0.3 is 19.9 Å². The van der Waals surface area contributed by atoms with Crippen LogP contribution in [0.15, 0.2) is 24.4 Å². The molecule has 3 atom stereocenters. The van der Waals surface area contributed by atoms with Gasteiger partial charge in [0.05, 0.1) is 43.8 Å². The van der Waals surface area contributed by atoms with E-state index >= 15 is 0 Å². The predicted octanol–water partition coefficient (Wildman–Crippen LogP) is 1.75. The molecule has 212 valence electrons. The highest BCUT2D eigenvalue weighted by molar-refractivity contribution is 5.94. The molecule has 0 spiro atoms. The fourth-order valence-corrected chi connectivity index (χ4v) is 5.54. The van der Waals surface area contributed by atoms with Crippen LogP contribution >= 0.6 is 0 Å². The number of alkyl halides is 2. The summed E-state index contributed by atoms with van der Waals surface area (Å²) in [6.07, 6.45) is 0.930. The molecule has 40 heavy (non-hydrogen) atoms. The van der Waals surface area contributed by atoms with Crippen molar-refractivity contribution in [2.24, 2.45) is 5.92 Å². The third kappa shape index (κ3) is 5.67. The highest BCUT2D eigenvalue weighted by atomic mass is 19.3. The molecule has 0 aliphatic carbocycles. The Morgan fingerprint density at radius 3 is 2.85 bits per heavy atom. The molecule has 5 rings (SSSR count). The van der Waals surface area contributed by atoms with Gasteiger partial charge in [-0.1, -0.05) is 23.4 Å². The van der Waals surface area contributed by atoms with Crippen molar-refractivity contribution in [1.82, 2.24) is 30.1 Å². The van der Waals surface area contributed by atoms with E-state index in [-0.39, 0.29) is 24.9 Å². The molecule has 0 bridgehead atoms. The number of amides is 3. The summed E-state index contributed by atoms with van der Waals surface area (Å²) < 4.78 is 35.1. The summed E-state index contributed by atoms with van der Waals surface area (Å²) in [5.41, 5.74) is 3.87. The van der Waals surface area contributed by atoms with Crippen molar-refractivity contribution in [2.75, 3.05) is 6.54 Å². The van der Waals surface area contributed by atoms with E-state index in [0.717, 1.165) is 27.3 Å². The van der Waals surface area contributed by atoms with Gasteiger partial charge in [0.1, 0.15) is 12.1 Å². The van der Waals surface area contributed by atoms with Gasteiger partial charge in [-0.25, -0.2) is 13.5 Å². The van der Waals surface area contributed by atoms with Crippen LogP contribution in [0.1, 0.15) is 55.5 Å². The average Bonchev–Trinajstić information content (AvgIpc) is 3.68. The van der Waals surface area contributed by atoms with Crippen LogP contribution in [0.2, 0.25) is 0 Å². The van der Waals surface area contributed by atoms with Gasteiger partial charge in [0, 0.05) is 31.8 Å².